The number of hydrogen-bond donors (Lipinski definition) is 2. The zero-order valence-corrected chi connectivity index (χ0v) is 11.2. The summed E-state index contributed by atoms with van der Waals surface area (Å²) in [7, 11) is 2.19. The van der Waals surface area contributed by atoms with Gasteiger partial charge in [0.1, 0.15) is 0 Å². The Hall–Kier alpha value is -0.900. The summed E-state index contributed by atoms with van der Waals surface area (Å²) < 4.78 is 0. The summed E-state index contributed by atoms with van der Waals surface area (Å²) in [6.07, 6.45) is 2.66. The predicted molar refractivity (Wildman–Crippen MR) is 74.3 cm³/mol. The van der Waals surface area contributed by atoms with Crippen LogP contribution in [0.15, 0.2) is 24.3 Å². The molecule has 0 spiro atoms. The summed E-state index contributed by atoms with van der Waals surface area (Å²) in [5, 5.41) is 12.5. The van der Waals surface area contributed by atoms with E-state index < -0.39 is 0 Å². The van der Waals surface area contributed by atoms with Crippen molar-refractivity contribution in [1.82, 2.24) is 10.2 Å². The molecule has 18 heavy (non-hydrogen) atoms. The highest BCUT2D eigenvalue weighted by Gasteiger charge is 2.14. The Bertz CT molecular complexity index is 344. The molecule has 2 N–H and O–H groups in total. The van der Waals surface area contributed by atoms with Crippen LogP contribution in [0.5, 0.6) is 0 Å². The maximum atomic E-state index is 9.01. The number of aliphatic hydroxyl groups excluding tert-OH is 1. The molecule has 3 heteroatoms. The first-order valence-corrected chi connectivity index (χ1v) is 6.86. The van der Waals surface area contributed by atoms with Crippen molar-refractivity contribution in [1.29, 1.82) is 0 Å². The highest BCUT2D eigenvalue weighted by Crippen LogP contribution is 2.13. The maximum Gasteiger partial charge on any atom is 0.0681 e. The minimum Gasteiger partial charge on any atom is -0.392 e. The van der Waals surface area contributed by atoms with Crippen molar-refractivity contribution >= 4 is 0 Å². The lowest BCUT2D eigenvalue weighted by molar-refractivity contribution is 0.237. The van der Waals surface area contributed by atoms with Crippen molar-refractivity contribution in [3.63, 3.8) is 0 Å². The lowest BCUT2D eigenvalue weighted by atomic mass is 9.99. The van der Waals surface area contributed by atoms with Gasteiger partial charge in [0.2, 0.25) is 0 Å². The molecule has 0 bridgehead atoms. The molecule has 1 aliphatic heterocycles. The van der Waals surface area contributed by atoms with Crippen LogP contribution in [0.1, 0.15) is 24.0 Å². The van der Waals surface area contributed by atoms with Crippen LogP contribution in [0.2, 0.25) is 0 Å². The minimum absolute atomic E-state index is 0.129. The van der Waals surface area contributed by atoms with Gasteiger partial charge in [-0.25, -0.2) is 0 Å². The van der Waals surface area contributed by atoms with Crippen LogP contribution in [-0.4, -0.2) is 36.7 Å². The van der Waals surface area contributed by atoms with Gasteiger partial charge in [-0.3, -0.25) is 0 Å². The molecule has 0 radical (unpaired) electrons. The molecule has 1 aromatic rings. The van der Waals surface area contributed by atoms with Gasteiger partial charge in [0.05, 0.1) is 6.61 Å². The Morgan fingerprint density at radius 1 is 1.28 bits per heavy atom. The van der Waals surface area contributed by atoms with Gasteiger partial charge in [0.15, 0.2) is 0 Å². The van der Waals surface area contributed by atoms with Crippen molar-refractivity contribution in [2.24, 2.45) is 5.92 Å². The number of piperidine rings is 1. The van der Waals surface area contributed by atoms with Gasteiger partial charge in [0.25, 0.3) is 0 Å². The van der Waals surface area contributed by atoms with Gasteiger partial charge >= 0.3 is 0 Å². The average Bonchev–Trinajstić information content (AvgIpc) is 2.40. The van der Waals surface area contributed by atoms with Crippen LogP contribution >= 0.6 is 0 Å². The molecule has 3 nitrogen and oxygen atoms in total. The van der Waals surface area contributed by atoms with Gasteiger partial charge in [-0.1, -0.05) is 24.3 Å². The third kappa shape index (κ3) is 4.09. The maximum absolute atomic E-state index is 9.01. The number of nitrogens with one attached hydrogen (secondary N) is 1. The Morgan fingerprint density at radius 3 is 2.61 bits per heavy atom. The molecule has 0 saturated carbocycles. The molecule has 1 unspecified atom stereocenters. The molecule has 0 aliphatic carbocycles. The van der Waals surface area contributed by atoms with E-state index in [4.69, 9.17) is 5.11 Å². The molecule has 2 rings (SSSR count). The Morgan fingerprint density at radius 2 is 2.00 bits per heavy atom. The highest BCUT2D eigenvalue weighted by molar-refractivity contribution is 5.21. The van der Waals surface area contributed by atoms with Crippen LogP contribution in [0.3, 0.4) is 0 Å². The van der Waals surface area contributed by atoms with Gasteiger partial charge < -0.3 is 15.3 Å². The second-order valence-corrected chi connectivity index (χ2v) is 5.38. The summed E-state index contributed by atoms with van der Waals surface area (Å²) >= 11 is 0. The Kier molecular flexibility index (Phi) is 5.17. The molecular weight excluding hydrogens is 224 g/mol. The lowest BCUT2D eigenvalue weighted by Crippen LogP contribution is -2.36. The Labute approximate surface area is 110 Å². The molecule has 0 aromatic heterocycles. The monoisotopic (exact) mass is 248 g/mol. The van der Waals surface area contributed by atoms with Crippen molar-refractivity contribution in [2.45, 2.75) is 26.0 Å². The first kappa shape index (κ1) is 13.5. The SMILES string of the molecule is CN(Cc1ccc(CO)cc1)CC1CCCNC1. The molecule has 1 atom stereocenters. The number of aliphatic hydroxyl groups is 1. The van der Waals surface area contributed by atoms with Crippen LogP contribution in [0.25, 0.3) is 0 Å². The fourth-order valence-electron chi connectivity index (χ4n) is 2.65. The second-order valence-electron chi connectivity index (χ2n) is 5.38. The van der Waals surface area contributed by atoms with E-state index in [1.807, 2.05) is 12.1 Å². The Balaban J connectivity index is 1.80. The van der Waals surface area contributed by atoms with E-state index in [0.29, 0.717) is 0 Å². The topological polar surface area (TPSA) is 35.5 Å². The molecule has 1 aromatic carbocycles. The number of hydrogen-bond acceptors (Lipinski definition) is 3. The quantitative estimate of drug-likeness (QED) is 0.831. The molecule has 100 valence electrons. The molecule has 1 heterocycles. The smallest absolute Gasteiger partial charge is 0.0681 e. The zero-order chi connectivity index (χ0) is 12.8. The summed E-state index contributed by atoms with van der Waals surface area (Å²) in [4.78, 5) is 2.39. The van der Waals surface area contributed by atoms with E-state index in [-0.39, 0.29) is 6.61 Å². The standard InChI is InChI=1S/C15H24N2O/c1-17(11-15-3-2-8-16-9-15)10-13-4-6-14(12-18)7-5-13/h4-7,15-16,18H,2-3,8-12H2,1H3. The largest absolute Gasteiger partial charge is 0.392 e. The molecule has 1 saturated heterocycles. The molecular formula is C15H24N2O. The van der Waals surface area contributed by atoms with Crippen molar-refractivity contribution in [2.75, 3.05) is 26.7 Å². The van der Waals surface area contributed by atoms with Gasteiger partial charge in [-0.2, -0.15) is 0 Å². The first-order valence-electron chi connectivity index (χ1n) is 6.86. The summed E-state index contributed by atoms with van der Waals surface area (Å²) in [6.45, 7) is 4.62. The van der Waals surface area contributed by atoms with E-state index >= 15 is 0 Å². The highest BCUT2D eigenvalue weighted by atomic mass is 16.3. The van der Waals surface area contributed by atoms with E-state index in [0.717, 1.165) is 31.1 Å². The van der Waals surface area contributed by atoms with Crippen molar-refractivity contribution in [3.8, 4) is 0 Å². The van der Waals surface area contributed by atoms with Gasteiger partial charge in [-0.15, -0.1) is 0 Å². The van der Waals surface area contributed by atoms with Crippen molar-refractivity contribution < 1.29 is 5.11 Å². The fourth-order valence-corrected chi connectivity index (χ4v) is 2.65. The molecule has 1 fully saturated rings. The molecule has 1 aliphatic rings. The third-order valence-electron chi connectivity index (χ3n) is 3.63. The average molecular weight is 248 g/mol. The van der Waals surface area contributed by atoms with E-state index in [1.165, 1.54) is 24.9 Å². The van der Waals surface area contributed by atoms with Gasteiger partial charge in [0, 0.05) is 13.1 Å². The van der Waals surface area contributed by atoms with Crippen LogP contribution in [0, 0.1) is 5.92 Å². The van der Waals surface area contributed by atoms with Crippen LogP contribution in [0.4, 0.5) is 0 Å². The third-order valence-corrected chi connectivity index (χ3v) is 3.63. The van der Waals surface area contributed by atoms with Crippen molar-refractivity contribution in [3.05, 3.63) is 35.4 Å². The predicted octanol–water partition coefficient (Wildman–Crippen LogP) is 1.61. The normalized spacial score (nSPS) is 20.3. The van der Waals surface area contributed by atoms with E-state index in [2.05, 4.69) is 29.4 Å². The summed E-state index contributed by atoms with van der Waals surface area (Å²) in [5.74, 6) is 0.792. The lowest BCUT2D eigenvalue weighted by Gasteiger charge is -2.27. The minimum atomic E-state index is 0.129. The van der Waals surface area contributed by atoms with Gasteiger partial charge in [-0.05, 0) is 50.0 Å². The first-order chi connectivity index (χ1) is 8.78. The van der Waals surface area contributed by atoms with Crippen LogP contribution < -0.4 is 5.32 Å². The number of nitrogens with zero attached hydrogens (tertiary/aromatic N) is 1. The fraction of sp³-hybridized carbons (Fsp3) is 0.600. The second kappa shape index (κ2) is 6.88. The number of rotatable bonds is 5. The van der Waals surface area contributed by atoms with Crippen LogP contribution in [-0.2, 0) is 13.2 Å². The van der Waals surface area contributed by atoms with E-state index in [1.54, 1.807) is 0 Å². The summed E-state index contributed by atoms with van der Waals surface area (Å²) in [6, 6.07) is 8.24. The van der Waals surface area contributed by atoms with E-state index in [9.17, 15) is 0 Å². The molecule has 0 amide bonds. The zero-order valence-electron chi connectivity index (χ0n) is 11.2. The summed E-state index contributed by atoms with van der Waals surface area (Å²) in [5.41, 5.74) is 2.30. The number of benzene rings is 1.